The second-order valence-corrected chi connectivity index (χ2v) is 4.58. The molecule has 1 aromatic rings. The number of carbonyl (C=O) groups is 1. The first-order valence-corrected chi connectivity index (χ1v) is 5.84. The monoisotopic (exact) mass is 340 g/mol. The van der Waals surface area contributed by atoms with E-state index in [0.29, 0.717) is 17.2 Å². The molecule has 1 unspecified atom stereocenters. The molecule has 3 nitrogen and oxygen atoms in total. The Balaban J connectivity index is 2.87. The van der Waals surface area contributed by atoms with E-state index in [-0.39, 0.29) is 0 Å². The summed E-state index contributed by atoms with van der Waals surface area (Å²) < 4.78 is 6.25. The predicted octanol–water partition coefficient (Wildman–Crippen LogP) is 3.19. The number of benzene rings is 1. The fraction of sp³-hybridized carbons (Fsp3) is 0.300. The topological polar surface area (TPSA) is 46.5 Å². The Bertz CT molecular complexity index is 368. The van der Waals surface area contributed by atoms with Crippen LogP contribution < -0.4 is 4.74 Å². The van der Waals surface area contributed by atoms with Crippen molar-refractivity contribution < 1.29 is 14.6 Å². The van der Waals surface area contributed by atoms with Crippen LogP contribution in [-0.4, -0.2) is 17.2 Å². The minimum atomic E-state index is -0.979. The van der Waals surface area contributed by atoms with Crippen molar-refractivity contribution in [2.75, 3.05) is 0 Å². The summed E-state index contributed by atoms with van der Waals surface area (Å²) in [6, 6.07) is 5.24. The number of ether oxygens (including phenoxy) is 1. The molecule has 5 heteroatoms. The van der Waals surface area contributed by atoms with E-state index in [9.17, 15) is 4.79 Å². The molecule has 1 aromatic carbocycles. The SMILES string of the molecule is CCC(Oc1cc(I)ccc1Cl)C(=O)O. The highest BCUT2D eigenvalue weighted by Gasteiger charge is 2.18. The van der Waals surface area contributed by atoms with Crippen LogP contribution in [0, 0.1) is 3.57 Å². The zero-order valence-electron chi connectivity index (χ0n) is 8.04. The highest BCUT2D eigenvalue weighted by Crippen LogP contribution is 2.27. The van der Waals surface area contributed by atoms with E-state index in [4.69, 9.17) is 21.4 Å². The molecule has 0 radical (unpaired) electrons. The van der Waals surface area contributed by atoms with Gasteiger partial charge in [-0.1, -0.05) is 18.5 Å². The third-order valence-corrected chi connectivity index (χ3v) is 2.79. The maximum Gasteiger partial charge on any atom is 0.344 e. The number of rotatable bonds is 4. The molecule has 0 amide bonds. The molecule has 1 N–H and O–H groups in total. The molecule has 0 saturated heterocycles. The number of halogens is 2. The molecule has 0 fully saturated rings. The van der Waals surface area contributed by atoms with Crippen molar-refractivity contribution in [3.05, 3.63) is 26.8 Å². The van der Waals surface area contributed by atoms with Crippen LogP contribution in [0.2, 0.25) is 5.02 Å². The summed E-state index contributed by atoms with van der Waals surface area (Å²) in [7, 11) is 0. The van der Waals surface area contributed by atoms with Crippen molar-refractivity contribution in [1.82, 2.24) is 0 Å². The van der Waals surface area contributed by atoms with Gasteiger partial charge in [0.2, 0.25) is 0 Å². The molecule has 0 spiro atoms. The first-order chi connectivity index (χ1) is 7.04. The summed E-state index contributed by atoms with van der Waals surface area (Å²) >= 11 is 7.99. The normalized spacial score (nSPS) is 12.2. The fourth-order valence-corrected chi connectivity index (χ4v) is 1.65. The van der Waals surface area contributed by atoms with Crippen molar-refractivity contribution in [3.8, 4) is 5.75 Å². The van der Waals surface area contributed by atoms with Gasteiger partial charge < -0.3 is 9.84 Å². The van der Waals surface area contributed by atoms with Gasteiger partial charge in [0.15, 0.2) is 6.10 Å². The second-order valence-electron chi connectivity index (χ2n) is 2.93. The molecule has 0 aliphatic carbocycles. The minimum absolute atomic E-state index is 0.400. The Labute approximate surface area is 107 Å². The molecular formula is C10H10ClIO3. The van der Waals surface area contributed by atoms with E-state index in [2.05, 4.69) is 22.6 Å². The number of carboxylic acid groups (broad SMARTS) is 1. The summed E-state index contributed by atoms with van der Waals surface area (Å²) in [5.41, 5.74) is 0. The second kappa shape index (κ2) is 5.55. The lowest BCUT2D eigenvalue weighted by Gasteiger charge is -2.14. The average molecular weight is 341 g/mol. The number of carboxylic acids is 1. The Kier molecular flexibility index (Phi) is 4.66. The van der Waals surface area contributed by atoms with Gasteiger partial charge in [0.05, 0.1) is 5.02 Å². The largest absolute Gasteiger partial charge is 0.479 e. The highest BCUT2D eigenvalue weighted by molar-refractivity contribution is 14.1. The maximum absolute atomic E-state index is 10.8. The molecule has 0 bridgehead atoms. The number of aliphatic carboxylic acids is 1. The van der Waals surface area contributed by atoms with Gasteiger partial charge in [0, 0.05) is 3.57 Å². The molecule has 1 rings (SSSR count). The Morgan fingerprint density at radius 3 is 2.87 bits per heavy atom. The minimum Gasteiger partial charge on any atom is -0.479 e. The van der Waals surface area contributed by atoms with Gasteiger partial charge in [-0.2, -0.15) is 0 Å². The lowest BCUT2D eigenvalue weighted by Crippen LogP contribution is -2.26. The molecule has 1 atom stereocenters. The average Bonchev–Trinajstić information content (AvgIpc) is 2.18. The van der Waals surface area contributed by atoms with Crippen LogP contribution in [0.4, 0.5) is 0 Å². The molecule has 82 valence electrons. The van der Waals surface area contributed by atoms with E-state index in [1.807, 2.05) is 6.07 Å². The summed E-state index contributed by atoms with van der Waals surface area (Å²) in [5, 5.41) is 9.25. The molecule has 0 saturated carbocycles. The van der Waals surface area contributed by atoms with Crippen molar-refractivity contribution in [1.29, 1.82) is 0 Å². The van der Waals surface area contributed by atoms with Crippen LogP contribution in [0.5, 0.6) is 5.75 Å². The highest BCUT2D eigenvalue weighted by atomic mass is 127. The van der Waals surface area contributed by atoms with E-state index in [1.54, 1.807) is 19.1 Å². The van der Waals surface area contributed by atoms with Crippen LogP contribution in [0.15, 0.2) is 18.2 Å². The molecule has 0 aromatic heterocycles. The first-order valence-electron chi connectivity index (χ1n) is 4.39. The van der Waals surface area contributed by atoms with Gasteiger partial charge in [-0.25, -0.2) is 4.79 Å². The Morgan fingerprint density at radius 1 is 1.67 bits per heavy atom. The third kappa shape index (κ3) is 3.53. The van der Waals surface area contributed by atoms with E-state index in [0.717, 1.165) is 3.57 Å². The third-order valence-electron chi connectivity index (χ3n) is 1.81. The van der Waals surface area contributed by atoms with Crippen molar-refractivity contribution >= 4 is 40.2 Å². The van der Waals surface area contributed by atoms with Crippen molar-refractivity contribution in [2.45, 2.75) is 19.4 Å². The van der Waals surface area contributed by atoms with Crippen LogP contribution in [0.3, 0.4) is 0 Å². The molecular weight excluding hydrogens is 330 g/mol. The van der Waals surface area contributed by atoms with Crippen LogP contribution >= 0.6 is 34.2 Å². The van der Waals surface area contributed by atoms with Crippen molar-refractivity contribution in [2.24, 2.45) is 0 Å². The van der Waals surface area contributed by atoms with E-state index < -0.39 is 12.1 Å². The smallest absolute Gasteiger partial charge is 0.344 e. The van der Waals surface area contributed by atoms with Gasteiger partial charge in [-0.3, -0.25) is 0 Å². The summed E-state index contributed by atoms with van der Waals surface area (Å²) in [6.45, 7) is 1.75. The Morgan fingerprint density at radius 2 is 2.33 bits per heavy atom. The quantitative estimate of drug-likeness (QED) is 0.856. The number of hydrogen-bond donors (Lipinski definition) is 1. The zero-order chi connectivity index (χ0) is 11.4. The van der Waals surface area contributed by atoms with Gasteiger partial charge >= 0.3 is 5.97 Å². The van der Waals surface area contributed by atoms with Crippen LogP contribution in [0.1, 0.15) is 13.3 Å². The van der Waals surface area contributed by atoms with Crippen LogP contribution in [0.25, 0.3) is 0 Å². The predicted molar refractivity (Wildman–Crippen MR) is 66.5 cm³/mol. The van der Waals surface area contributed by atoms with Crippen LogP contribution in [-0.2, 0) is 4.79 Å². The maximum atomic E-state index is 10.8. The molecule has 15 heavy (non-hydrogen) atoms. The molecule has 0 heterocycles. The van der Waals surface area contributed by atoms with Gasteiger partial charge in [0.1, 0.15) is 5.75 Å². The van der Waals surface area contributed by atoms with E-state index >= 15 is 0 Å². The molecule has 0 aliphatic heterocycles. The van der Waals surface area contributed by atoms with Gasteiger partial charge in [-0.05, 0) is 47.2 Å². The zero-order valence-corrected chi connectivity index (χ0v) is 10.9. The van der Waals surface area contributed by atoms with Crippen molar-refractivity contribution in [3.63, 3.8) is 0 Å². The summed E-state index contributed by atoms with van der Waals surface area (Å²) in [5.74, 6) is -0.565. The fourth-order valence-electron chi connectivity index (χ4n) is 1.03. The van der Waals surface area contributed by atoms with Gasteiger partial charge in [0.25, 0.3) is 0 Å². The lowest BCUT2D eigenvalue weighted by atomic mass is 10.2. The lowest BCUT2D eigenvalue weighted by molar-refractivity contribution is -0.145. The van der Waals surface area contributed by atoms with Gasteiger partial charge in [-0.15, -0.1) is 0 Å². The Hall–Kier alpha value is -0.490. The number of hydrogen-bond acceptors (Lipinski definition) is 2. The molecule has 0 aliphatic rings. The van der Waals surface area contributed by atoms with E-state index in [1.165, 1.54) is 0 Å². The standard InChI is InChI=1S/C10H10ClIO3/c1-2-8(10(13)14)15-9-5-6(12)3-4-7(9)11/h3-5,8H,2H2,1H3,(H,13,14). The summed E-state index contributed by atoms with van der Waals surface area (Å²) in [6.07, 6.45) is -0.447. The summed E-state index contributed by atoms with van der Waals surface area (Å²) in [4.78, 5) is 10.8. The first kappa shape index (κ1) is 12.6.